The van der Waals surface area contributed by atoms with Crippen LogP contribution in [0.2, 0.25) is 0 Å². The Morgan fingerprint density at radius 3 is 2.52 bits per heavy atom. The van der Waals surface area contributed by atoms with Gasteiger partial charge in [-0.15, -0.1) is 0 Å². The molecule has 0 aromatic heterocycles. The van der Waals surface area contributed by atoms with Crippen LogP contribution < -0.4 is 5.32 Å². The summed E-state index contributed by atoms with van der Waals surface area (Å²) in [7, 11) is -3.05. The van der Waals surface area contributed by atoms with Crippen LogP contribution in [0.25, 0.3) is 0 Å². The molecule has 0 aliphatic carbocycles. The number of anilines is 1. The van der Waals surface area contributed by atoms with Crippen molar-refractivity contribution < 1.29 is 18.4 Å². The van der Waals surface area contributed by atoms with Gasteiger partial charge in [0, 0.05) is 16.6 Å². The summed E-state index contributed by atoms with van der Waals surface area (Å²) in [5.74, 6) is -0.118. The van der Waals surface area contributed by atoms with Crippen molar-refractivity contribution in [2.24, 2.45) is 0 Å². The van der Waals surface area contributed by atoms with Crippen LogP contribution in [-0.4, -0.2) is 25.3 Å². The first-order valence-electron chi connectivity index (χ1n) is 6.92. The average Bonchev–Trinajstić information content (AvgIpc) is 2.39. The second-order valence-corrected chi connectivity index (χ2v) is 7.43. The van der Waals surface area contributed by atoms with E-state index in [1.54, 1.807) is 13.8 Å². The first-order chi connectivity index (χ1) is 9.99. The fourth-order valence-electron chi connectivity index (χ4n) is 1.78. The van der Waals surface area contributed by atoms with Gasteiger partial charge in [0.25, 0.3) is 0 Å². The Kier molecular flexibility index (Phi) is 8.19. The van der Waals surface area contributed by atoms with E-state index >= 15 is 0 Å². The van der Waals surface area contributed by atoms with Gasteiger partial charge < -0.3 is 14.4 Å². The maximum Gasteiger partial charge on any atom is 0.330 e. The number of rotatable bonds is 9. The number of hydrogen-bond donors (Lipinski definition) is 1. The number of benzene rings is 1. The van der Waals surface area contributed by atoms with E-state index < -0.39 is 7.60 Å². The molecule has 0 radical (unpaired) electrons. The third kappa shape index (κ3) is 7.23. The lowest BCUT2D eigenvalue weighted by atomic mass is 10.3. The maximum absolute atomic E-state index is 12.2. The molecular weight excluding hydrogens is 357 g/mol. The van der Waals surface area contributed by atoms with Gasteiger partial charge in [0.05, 0.1) is 19.4 Å². The summed E-state index contributed by atoms with van der Waals surface area (Å²) in [6, 6.07) is 7.37. The molecular formula is C14H21BrNO4P. The molecule has 1 rings (SSSR count). The van der Waals surface area contributed by atoms with E-state index in [9.17, 15) is 9.36 Å². The molecule has 0 atom stereocenters. The van der Waals surface area contributed by atoms with Crippen molar-refractivity contribution >= 4 is 35.1 Å². The van der Waals surface area contributed by atoms with Crippen molar-refractivity contribution in [3.8, 4) is 0 Å². The Balaban J connectivity index is 2.40. The fourth-order valence-corrected chi connectivity index (χ4v) is 3.85. The van der Waals surface area contributed by atoms with Crippen LogP contribution >= 0.6 is 23.5 Å². The van der Waals surface area contributed by atoms with E-state index in [4.69, 9.17) is 9.05 Å². The van der Waals surface area contributed by atoms with Crippen molar-refractivity contribution in [1.82, 2.24) is 0 Å². The van der Waals surface area contributed by atoms with Gasteiger partial charge in [-0.25, -0.2) is 0 Å². The smallest absolute Gasteiger partial charge is 0.326 e. The van der Waals surface area contributed by atoms with Gasteiger partial charge in [-0.2, -0.15) is 0 Å². The minimum atomic E-state index is -3.05. The van der Waals surface area contributed by atoms with Gasteiger partial charge in [0.1, 0.15) is 0 Å². The topological polar surface area (TPSA) is 64.6 Å². The predicted octanol–water partition coefficient (Wildman–Crippen LogP) is 4.43. The summed E-state index contributed by atoms with van der Waals surface area (Å²) in [5, 5.41) is 2.79. The van der Waals surface area contributed by atoms with E-state index in [-0.39, 0.29) is 18.5 Å². The summed E-state index contributed by atoms with van der Waals surface area (Å²) in [5.41, 5.74) is 0.729. The van der Waals surface area contributed by atoms with E-state index in [1.165, 1.54) is 0 Å². The zero-order valence-electron chi connectivity index (χ0n) is 12.3. The molecule has 7 heteroatoms. The fraction of sp³-hybridized carbons (Fsp3) is 0.500. The molecule has 1 aromatic carbocycles. The maximum atomic E-state index is 12.2. The highest BCUT2D eigenvalue weighted by molar-refractivity contribution is 9.10. The Hall–Kier alpha value is -0.680. The lowest BCUT2D eigenvalue weighted by Gasteiger charge is -2.16. The molecule has 0 heterocycles. The van der Waals surface area contributed by atoms with Crippen molar-refractivity contribution in [2.45, 2.75) is 26.7 Å². The number of carbonyl (C=O) groups excluding carboxylic acids is 1. The molecule has 1 aromatic rings. The van der Waals surface area contributed by atoms with Gasteiger partial charge >= 0.3 is 7.60 Å². The van der Waals surface area contributed by atoms with Crippen LogP contribution in [0.1, 0.15) is 26.7 Å². The molecule has 0 aliphatic heterocycles. The van der Waals surface area contributed by atoms with Crippen molar-refractivity contribution in [3.63, 3.8) is 0 Å². The van der Waals surface area contributed by atoms with Crippen LogP contribution in [0.5, 0.6) is 0 Å². The summed E-state index contributed by atoms with van der Waals surface area (Å²) >= 11 is 3.34. The van der Waals surface area contributed by atoms with Crippen LogP contribution in [-0.2, 0) is 18.4 Å². The number of hydrogen-bond acceptors (Lipinski definition) is 4. The average molecular weight is 378 g/mol. The standard InChI is InChI=1S/C14H21BrNO4P/c1-3-19-21(18,20-4-2)10-6-9-14(17)16-13-8-5-7-12(15)11-13/h5,7-8,11H,3-4,6,9-10H2,1-2H3,(H,16,17). The third-order valence-corrected chi connectivity index (χ3v) is 5.26. The predicted molar refractivity (Wildman–Crippen MR) is 87.7 cm³/mol. The lowest BCUT2D eigenvalue weighted by molar-refractivity contribution is -0.116. The lowest BCUT2D eigenvalue weighted by Crippen LogP contribution is -2.12. The van der Waals surface area contributed by atoms with E-state index in [0.29, 0.717) is 19.6 Å². The zero-order chi connectivity index (χ0) is 15.7. The summed E-state index contributed by atoms with van der Waals surface area (Å²) in [6.45, 7) is 4.21. The van der Waals surface area contributed by atoms with Crippen molar-refractivity contribution in [3.05, 3.63) is 28.7 Å². The Morgan fingerprint density at radius 2 is 1.95 bits per heavy atom. The highest BCUT2D eigenvalue weighted by atomic mass is 79.9. The molecule has 0 fully saturated rings. The quantitative estimate of drug-likeness (QED) is 0.646. The molecule has 0 aliphatic rings. The molecule has 1 amide bonds. The van der Waals surface area contributed by atoms with Crippen LogP contribution in [0.15, 0.2) is 28.7 Å². The Morgan fingerprint density at radius 1 is 1.29 bits per heavy atom. The van der Waals surface area contributed by atoms with Gasteiger partial charge in [-0.05, 0) is 38.5 Å². The Bertz CT molecular complexity index is 500. The van der Waals surface area contributed by atoms with Gasteiger partial charge in [0.2, 0.25) is 5.91 Å². The zero-order valence-corrected chi connectivity index (χ0v) is 14.8. The SMILES string of the molecule is CCOP(=O)(CCCC(=O)Nc1cccc(Br)c1)OCC. The number of amides is 1. The molecule has 0 spiro atoms. The molecule has 0 saturated heterocycles. The van der Waals surface area contributed by atoms with Gasteiger partial charge in [-0.3, -0.25) is 9.36 Å². The Labute approximate surface area is 134 Å². The van der Waals surface area contributed by atoms with Crippen LogP contribution in [0.4, 0.5) is 5.69 Å². The molecule has 5 nitrogen and oxygen atoms in total. The highest BCUT2D eigenvalue weighted by Crippen LogP contribution is 2.48. The third-order valence-electron chi connectivity index (χ3n) is 2.60. The second-order valence-electron chi connectivity index (χ2n) is 4.33. The van der Waals surface area contributed by atoms with Crippen LogP contribution in [0, 0.1) is 0 Å². The van der Waals surface area contributed by atoms with E-state index in [1.807, 2.05) is 24.3 Å². The summed E-state index contributed by atoms with van der Waals surface area (Å²) in [4.78, 5) is 11.8. The summed E-state index contributed by atoms with van der Waals surface area (Å²) in [6.07, 6.45) is 0.981. The van der Waals surface area contributed by atoms with E-state index in [2.05, 4.69) is 21.2 Å². The molecule has 118 valence electrons. The molecule has 1 N–H and O–H groups in total. The number of nitrogens with one attached hydrogen (secondary N) is 1. The number of halogens is 1. The van der Waals surface area contributed by atoms with E-state index in [0.717, 1.165) is 10.2 Å². The number of carbonyl (C=O) groups is 1. The largest absolute Gasteiger partial charge is 0.330 e. The van der Waals surface area contributed by atoms with Gasteiger partial charge in [-0.1, -0.05) is 22.0 Å². The van der Waals surface area contributed by atoms with Gasteiger partial charge in [0.15, 0.2) is 0 Å². The molecule has 0 saturated carbocycles. The minimum absolute atomic E-state index is 0.118. The monoisotopic (exact) mass is 377 g/mol. The highest BCUT2D eigenvalue weighted by Gasteiger charge is 2.23. The molecule has 0 bridgehead atoms. The first-order valence-corrected chi connectivity index (χ1v) is 9.44. The normalized spacial score (nSPS) is 11.4. The van der Waals surface area contributed by atoms with Crippen molar-refractivity contribution in [2.75, 3.05) is 24.7 Å². The minimum Gasteiger partial charge on any atom is -0.326 e. The first kappa shape index (κ1) is 18.4. The molecule has 21 heavy (non-hydrogen) atoms. The van der Waals surface area contributed by atoms with Crippen molar-refractivity contribution in [1.29, 1.82) is 0 Å². The molecule has 0 unspecified atom stereocenters. The summed E-state index contributed by atoms with van der Waals surface area (Å²) < 4.78 is 23.5. The second kappa shape index (κ2) is 9.36. The van der Waals surface area contributed by atoms with Crippen LogP contribution in [0.3, 0.4) is 0 Å².